The Hall–Kier alpha value is -3.17. The number of hydrogen-bond acceptors (Lipinski definition) is 7. The van der Waals surface area contributed by atoms with Gasteiger partial charge in [0.25, 0.3) is 5.91 Å². The molecule has 2 heterocycles. The third kappa shape index (κ3) is 4.66. The largest absolute Gasteiger partial charge is 0.493 e. The van der Waals surface area contributed by atoms with E-state index in [1.165, 1.54) is 11.3 Å². The highest BCUT2D eigenvalue weighted by Gasteiger charge is 2.44. The molecule has 1 aliphatic heterocycles. The zero-order valence-corrected chi connectivity index (χ0v) is 23.7. The summed E-state index contributed by atoms with van der Waals surface area (Å²) in [5.74, 6) is 0.134. The van der Waals surface area contributed by atoms with Crippen LogP contribution >= 0.6 is 27.3 Å². The molecule has 9 heteroatoms. The molecule has 1 aliphatic carbocycles. The van der Waals surface area contributed by atoms with E-state index in [4.69, 9.17) is 9.47 Å². The van der Waals surface area contributed by atoms with Crippen LogP contribution in [0.4, 0.5) is 5.13 Å². The Morgan fingerprint density at radius 2 is 1.97 bits per heavy atom. The van der Waals surface area contributed by atoms with Gasteiger partial charge in [0.1, 0.15) is 0 Å². The second-order valence-corrected chi connectivity index (χ2v) is 12.0. The molecule has 192 valence electrons. The number of dihydropyridines is 1. The van der Waals surface area contributed by atoms with E-state index in [0.717, 1.165) is 20.4 Å². The molecular weight excluding hydrogens is 554 g/mol. The van der Waals surface area contributed by atoms with Gasteiger partial charge >= 0.3 is 0 Å². The van der Waals surface area contributed by atoms with E-state index in [0.29, 0.717) is 51.9 Å². The maximum absolute atomic E-state index is 13.9. The fourth-order valence-electron chi connectivity index (χ4n) is 5.30. The molecule has 1 amide bonds. The smallest absolute Gasteiger partial charge is 0.256 e. The number of benzene rings is 2. The second-order valence-electron chi connectivity index (χ2n) is 10.1. The van der Waals surface area contributed by atoms with Crippen LogP contribution in [0, 0.1) is 5.41 Å². The number of allylic oxidation sites excluding steroid dienone is 3. The van der Waals surface area contributed by atoms with Crippen molar-refractivity contribution >= 4 is 54.3 Å². The molecule has 7 nitrogen and oxygen atoms in total. The SMILES string of the molecule is COc1cccc([C@@H]2C(C(=O)Nc3nc4ccc(Br)cc4s3)=C(C)NC3=C2C(=O)CC(C)(C)C3)c1OC. The lowest BCUT2D eigenvalue weighted by molar-refractivity contribution is -0.118. The molecular formula is C28H28BrN3O4S. The van der Waals surface area contributed by atoms with Crippen molar-refractivity contribution in [1.29, 1.82) is 0 Å². The molecule has 2 aromatic carbocycles. The molecule has 0 fully saturated rings. The van der Waals surface area contributed by atoms with Crippen LogP contribution < -0.4 is 20.1 Å². The summed E-state index contributed by atoms with van der Waals surface area (Å²) in [5, 5.41) is 6.89. The molecule has 3 aromatic rings. The maximum atomic E-state index is 13.9. The van der Waals surface area contributed by atoms with Crippen molar-refractivity contribution in [3.8, 4) is 11.5 Å². The number of rotatable bonds is 5. The van der Waals surface area contributed by atoms with E-state index < -0.39 is 5.92 Å². The Bertz CT molecular complexity index is 1500. The van der Waals surface area contributed by atoms with E-state index in [9.17, 15) is 9.59 Å². The molecule has 1 atom stereocenters. The zero-order chi connectivity index (χ0) is 26.5. The van der Waals surface area contributed by atoms with Crippen molar-refractivity contribution in [2.24, 2.45) is 5.41 Å². The van der Waals surface area contributed by atoms with Crippen LogP contribution in [0.3, 0.4) is 0 Å². The van der Waals surface area contributed by atoms with Gasteiger partial charge in [-0.05, 0) is 43.0 Å². The third-order valence-electron chi connectivity index (χ3n) is 6.80. The van der Waals surface area contributed by atoms with Gasteiger partial charge < -0.3 is 14.8 Å². The van der Waals surface area contributed by atoms with Gasteiger partial charge in [-0.1, -0.05) is 53.2 Å². The molecule has 0 unspecified atom stereocenters. The number of fused-ring (bicyclic) bond motifs is 1. The average Bonchev–Trinajstić information content (AvgIpc) is 3.22. The van der Waals surface area contributed by atoms with Crippen molar-refractivity contribution in [1.82, 2.24) is 10.3 Å². The first-order valence-electron chi connectivity index (χ1n) is 11.9. The van der Waals surface area contributed by atoms with E-state index in [2.05, 4.69) is 45.4 Å². The summed E-state index contributed by atoms with van der Waals surface area (Å²) < 4.78 is 13.2. The fourth-order valence-corrected chi connectivity index (χ4v) is 6.72. The first-order valence-corrected chi connectivity index (χ1v) is 13.5. The molecule has 5 rings (SSSR count). The maximum Gasteiger partial charge on any atom is 0.256 e. The minimum atomic E-state index is -0.617. The van der Waals surface area contributed by atoms with Crippen LogP contribution in [0.15, 0.2) is 63.4 Å². The van der Waals surface area contributed by atoms with Gasteiger partial charge in [0, 0.05) is 39.0 Å². The quantitative estimate of drug-likeness (QED) is 0.366. The summed E-state index contributed by atoms with van der Waals surface area (Å²) in [4.78, 5) is 32.1. The number of halogens is 1. The van der Waals surface area contributed by atoms with Gasteiger partial charge in [-0.15, -0.1) is 0 Å². The summed E-state index contributed by atoms with van der Waals surface area (Å²) in [5.41, 5.74) is 3.95. The molecule has 2 N–H and O–H groups in total. The number of para-hydroxylation sites is 1. The first kappa shape index (κ1) is 25.5. The van der Waals surface area contributed by atoms with Crippen molar-refractivity contribution in [2.45, 2.75) is 39.5 Å². The van der Waals surface area contributed by atoms with Gasteiger partial charge in [0.2, 0.25) is 0 Å². The number of Topliss-reactive ketones (excluding diaryl/α,β-unsaturated/α-hetero) is 1. The summed E-state index contributed by atoms with van der Waals surface area (Å²) in [6.45, 7) is 6.05. The van der Waals surface area contributed by atoms with Crippen LogP contribution in [-0.2, 0) is 9.59 Å². The summed E-state index contributed by atoms with van der Waals surface area (Å²) >= 11 is 4.88. The lowest BCUT2D eigenvalue weighted by Gasteiger charge is -2.40. The van der Waals surface area contributed by atoms with Crippen LogP contribution in [0.5, 0.6) is 11.5 Å². The van der Waals surface area contributed by atoms with E-state index in [1.807, 2.05) is 37.3 Å². The number of nitrogens with zero attached hydrogens (tertiary/aromatic N) is 1. The highest BCUT2D eigenvalue weighted by molar-refractivity contribution is 9.10. The number of thiazole rings is 1. The van der Waals surface area contributed by atoms with E-state index in [-0.39, 0.29) is 17.1 Å². The zero-order valence-electron chi connectivity index (χ0n) is 21.3. The van der Waals surface area contributed by atoms with Gasteiger partial charge in [0.15, 0.2) is 22.4 Å². The Balaban J connectivity index is 1.63. The van der Waals surface area contributed by atoms with Crippen LogP contribution in [0.2, 0.25) is 0 Å². The number of carbonyl (C=O) groups excluding carboxylic acids is 2. The fraction of sp³-hybridized carbons (Fsp3) is 0.321. The number of amides is 1. The lowest BCUT2D eigenvalue weighted by Crippen LogP contribution is -2.39. The van der Waals surface area contributed by atoms with Gasteiger partial charge in [-0.3, -0.25) is 14.9 Å². The summed E-state index contributed by atoms with van der Waals surface area (Å²) in [6.07, 6.45) is 1.10. The van der Waals surface area contributed by atoms with E-state index in [1.54, 1.807) is 20.3 Å². The topological polar surface area (TPSA) is 89.5 Å². The van der Waals surface area contributed by atoms with Gasteiger partial charge in [0.05, 0.1) is 30.4 Å². The van der Waals surface area contributed by atoms with Crippen molar-refractivity contribution in [3.05, 3.63) is 69.0 Å². The molecule has 0 radical (unpaired) electrons. The molecule has 0 bridgehead atoms. The van der Waals surface area contributed by atoms with Gasteiger partial charge in [-0.25, -0.2) is 4.98 Å². The molecule has 2 aliphatic rings. The van der Waals surface area contributed by atoms with Gasteiger partial charge in [-0.2, -0.15) is 0 Å². The van der Waals surface area contributed by atoms with Crippen molar-refractivity contribution in [3.63, 3.8) is 0 Å². The number of carbonyl (C=O) groups is 2. The minimum absolute atomic E-state index is 0.0243. The molecule has 1 aromatic heterocycles. The number of ether oxygens (including phenoxy) is 2. The second kappa shape index (κ2) is 9.61. The Kier molecular flexibility index (Phi) is 6.62. The minimum Gasteiger partial charge on any atom is -0.493 e. The third-order valence-corrected chi connectivity index (χ3v) is 8.23. The van der Waals surface area contributed by atoms with Crippen molar-refractivity contribution in [2.75, 3.05) is 19.5 Å². The Morgan fingerprint density at radius 1 is 1.19 bits per heavy atom. The summed E-state index contributed by atoms with van der Waals surface area (Å²) in [6, 6.07) is 11.3. The number of nitrogens with one attached hydrogen (secondary N) is 2. The lowest BCUT2D eigenvalue weighted by atomic mass is 9.68. The Labute approximate surface area is 228 Å². The van der Waals surface area contributed by atoms with Crippen LogP contribution in [0.25, 0.3) is 10.2 Å². The molecule has 0 saturated heterocycles. The van der Waals surface area contributed by atoms with Crippen molar-refractivity contribution < 1.29 is 19.1 Å². The number of ketones is 1. The molecule has 0 spiro atoms. The summed E-state index contributed by atoms with van der Waals surface area (Å²) in [7, 11) is 3.14. The molecule has 37 heavy (non-hydrogen) atoms. The van der Waals surface area contributed by atoms with Crippen LogP contribution in [0.1, 0.15) is 45.1 Å². The number of methoxy groups -OCH3 is 2. The highest BCUT2D eigenvalue weighted by atomic mass is 79.9. The number of hydrogen-bond donors (Lipinski definition) is 2. The monoisotopic (exact) mass is 581 g/mol. The number of anilines is 1. The number of aromatic nitrogens is 1. The predicted molar refractivity (Wildman–Crippen MR) is 149 cm³/mol. The normalized spacial score (nSPS) is 19.0. The first-order chi connectivity index (χ1) is 17.6. The van der Waals surface area contributed by atoms with E-state index >= 15 is 0 Å². The standard InChI is InChI=1S/C28H28BrN3O4S/c1-14-22(26(34)32-27-31-17-10-9-15(29)11-21(17)37-27)23(16-7-6-8-20(35-4)25(16)36-5)24-18(30-14)12-28(2,3)13-19(24)33/h6-11,23,30H,12-13H2,1-5H3,(H,31,32,34)/t23-/m1/s1. The Morgan fingerprint density at radius 3 is 2.70 bits per heavy atom. The van der Waals surface area contributed by atoms with Crippen LogP contribution in [-0.4, -0.2) is 30.9 Å². The predicted octanol–water partition coefficient (Wildman–Crippen LogP) is 6.32. The average molecular weight is 583 g/mol. The molecule has 0 saturated carbocycles. The highest BCUT2D eigenvalue weighted by Crippen LogP contribution is 2.50.